The second-order valence-electron chi connectivity index (χ2n) is 3.17. The van der Waals surface area contributed by atoms with E-state index in [0.717, 1.165) is 11.3 Å². The van der Waals surface area contributed by atoms with E-state index < -0.39 is 5.91 Å². The van der Waals surface area contributed by atoms with Gasteiger partial charge in [-0.2, -0.15) is 5.10 Å². The Labute approximate surface area is 92.2 Å². The number of hydrogen-bond donors (Lipinski definition) is 1. The number of nitrogens with zero attached hydrogens (tertiary/aromatic N) is 3. The highest BCUT2D eigenvalue weighted by molar-refractivity contribution is 5.90. The SMILES string of the molecule is NC(=O)C=Cc1ccc(-n2cncn2)cc1. The zero-order valence-electron chi connectivity index (χ0n) is 8.45. The van der Waals surface area contributed by atoms with Gasteiger partial charge in [0.05, 0.1) is 5.69 Å². The third-order valence-corrected chi connectivity index (χ3v) is 2.02. The normalized spacial score (nSPS) is 10.8. The van der Waals surface area contributed by atoms with E-state index in [2.05, 4.69) is 10.1 Å². The quantitative estimate of drug-likeness (QED) is 0.767. The van der Waals surface area contributed by atoms with Crippen LogP contribution in [0, 0.1) is 0 Å². The minimum absolute atomic E-state index is 0.458. The molecule has 0 radical (unpaired) electrons. The van der Waals surface area contributed by atoms with Gasteiger partial charge in [-0.05, 0) is 23.8 Å². The molecule has 0 aliphatic rings. The van der Waals surface area contributed by atoms with Crippen LogP contribution in [0.25, 0.3) is 11.8 Å². The predicted octanol–water partition coefficient (Wildman–Crippen LogP) is 0.766. The molecule has 0 fully saturated rings. The number of carbonyl (C=O) groups excluding carboxylic acids is 1. The van der Waals surface area contributed by atoms with Crippen LogP contribution in [0.2, 0.25) is 0 Å². The highest BCUT2D eigenvalue weighted by Gasteiger charge is 1.95. The summed E-state index contributed by atoms with van der Waals surface area (Å²) >= 11 is 0. The summed E-state index contributed by atoms with van der Waals surface area (Å²) in [7, 11) is 0. The van der Waals surface area contributed by atoms with E-state index in [1.807, 2.05) is 24.3 Å². The number of nitrogens with two attached hydrogens (primary N) is 1. The highest BCUT2D eigenvalue weighted by atomic mass is 16.1. The number of carbonyl (C=O) groups is 1. The maximum absolute atomic E-state index is 10.5. The molecule has 2 N–H and O–H groups in total. The molecule has 5 nitrogen and oxygen atoms in total. The molecule has 0 saturated heterocycles. The van der Waals surface area contributed by atoms with Crippen molar-refractivity contribution in [3.63, 3.8) is 0 Å². The van der Waals surface area contributed by atoms with Crippen LogP contribution in [-0.2, 0) is 4.79 Å². The zero-order chi connectivity index (χ0) is 11.4. The van der Waals surface area contributed by atoms with E-state index in [0.29, 0.717) is 0 Å². The first kappa shape index (κ1) is 10.1. The Bertz CT molecular complexity index is 499. The Balaban J connectivity index is 2.20. The molecule has 2 aromatic rings. The van der Waals surface area contributed by atoms with Gasteiger partial charge >= 0.3 is 0 Å². The molecule has 0 saturated carbocycles. The number of aromatic nitrogens is 3. The Hall–Kier alpha value is -2.43. The van der Waals surface area contributed by atoms with Crippen LogP contribution in [0.4, 0.5) is 0 Å². The molecule has 1 amide bonds. The molecule has 1 aromatic heterocycles. The highest BCUT2D eigenvalue weighted by Crippen LogP contribution is 2.08. The lowest BCUT2D eigenvalue weighted by atomic mass is 10.2. The molecule has 0 aliphatic heterocycles. The van der Waals surface area contributed by atoms with Gasteiger partial charge in [-0.25, -0.2) is 9.67 Å². The molecule has 2 rings (SSSR count). The monoisotopic (exact) mass is 214 g/mol. The molecule has 1 aromatic carbocycles. The first-order valence-electron chi connectivity index (χ1n) is 4.68. The van der Waals surface area contributed by atoms with Crippen LogP contribution in [0.5, 0.6) is 0 Å². The number of primary amides is 1. The van der Waals surface area contributed by atoms with Crippen molar-refractivity contribution in [2.45, 2.75) is 0 Å². The summed E-state index contributed by atoms with van der Waals surface area (Å²) in [6, 6.07) is 7.51. The van der Waals surface area contributed by atoms with Gasteiger partial charge < -0.3 is 5.73 Å². The van der Waals surface area contributed by atoms with Gasteiger partial charge in [0.2, 0.25) is 5.91 Å². The lowest BCUT2D eigenvalue weighted by Gasteiger charge is -2.00. The van der Waals surface area contributed by atoms with Crippen LogP contribution in [0.3, 0.4) is 0 Å². The molecule has 0 unspecified atom stereocenters. The lowest BCUT2D eigenvalue weighted by molar-refractivity contribution is -0.113. The Morgan fingerprint density at radius 2 is 2.06 bits per heavy atom. The Morgan fingerprint density at radius 1 is 1.31 bits per heavy atom. The topological polar surface area (TPSA) is 73.8 Å². The largest absolute Gasteiger partial charge is 0.366 e. The summed E-state index contributed by atoms with van der Waals surface area (Å²) in [5.74, 6) is -0.458. The number of benzene rings is 1. The standard InChI is InChI=1S/C11H10N4O/c12-11(16)6-3-9-1-4-10(5-2-9)15-8-13-7-14-15/h1-8H,(H2,12,16). The van der Waals surface area contributed by atoms with E-state index in [4.69, 9.17) is 5.73 Å². The van der Waals surface area contributed by atoms with Crippen molar-refractivity contribution in [1.29, 1.82) is 0 Å². The second-order valence-corrected chi connectivity index (χ2v) is 3.17. The summed E-state index contributed by atoms with van der Waals surface area (Å²) < 4.78 is 1.65. The van der Waals surface area contributed by atoms with Gasteiger partial charge in [0, 0.05) is 6.08 Å². The average Bonchev–Trinajstić information content (AvgIpc) is 2.80. The summed E-state index contributed by atoms with van der Waals surface area (Å²) in [6.45, 7) is 0. The Kier molecular flexibility index (Phi) is 2.77. The first-order chi connectivity index (χ1) is 7.75. The molecule has 0 aliphatic carbocycles. The number of amides is 1. The molecular formula is C11H10N4O. The van der Waals surface area contributed by atoms with E-state index in [9.17, 15) is 4.79 Å². The summed E-state index contributed by atoms with van der Waals surface area (Å²) in [6.07, 6.45) is 6.08. The summed E-state index contributed by atoms with van der Waals surface area (Å²) in [4.78, 5) is 14.4. The molecule has 16 heavy (non-hydrogen) atoms. The maximum Gasteiger partial charge on any atom is 0.241 e. The Morgan fingerprint density at radius 3 is 2.62 bits per heavy atom. The van der Waals surface area contributed by atoms with Crippen LogP contribution in [0.1, 0.15) is 5.56 Å². The van der Waals surface area contributed by atoms with Crippen molar-refractivity contribution < 1.29 is 4.79 Å². The van der Waals surface area contributed by atoms with Crippen molar-refractivity contribution >= 4 is 12.0 Å². The molecule has 0 bridgehead atoms. The third kappa shape index (κ3) is 2.33. The first-order valence-corrected chi connectivity index (χ1v) is 4.68. The number of hydrogen-bond acceptors (Lipinski definition) is 3. The van der Waals surface area contributed by atoms with Gasteiger partial charge in [0.25, 0.3) is 0 Å². The summed E-state index contributed by atoms with van der Waals surface area (Å²) in [5, 5.41) is 4.00. The van der Waals surface area contributed by atoms with Gasteiger partial charge in [-0.15, -0.1) is 0 Å². The molecule has 1 heterocycles. The fraction of sp³-hybridized carbons (Fsp3) is 0. The van der Waals surface area contributed by atoms with E-state index in [-0.39, 0.29) is 0 Å². The minimum Gasteiger partial charge on any atom is -0.366 e. The second kappa shape index (κ2) is 4.39. The van der Waals surface area contributed by atoms with Gasteiger partial charge in [0.1, 0.15) is 12.7 Å². The number of rotatable bonds is 3. The molecule has 0 spiro atoms. The van der Waals surface area contributed by atoms with Crippen molar-refractivity contribution in [2.75, 3.05) is 0 Å². The van der Waals surface area contributed by atoms with Crippen molar-refractivity contribution in [1.82, 2.24) is 14.8 Å². The van der Waals surface area contributed by atoms with E-state index in [1.54, 1.807) is 17.1 Å². The lowest BCUT2D eigenvalue weighted by Crippen LogP contribution is -2.05. The molecule has 0 atom stereocenters. The predicted molar refractivity (Wildman–Crippen MR) is 59.6 cm³/mol. The van der Waals surface area contributed by atoms with Crippen molar-refractivity contribution in [3.8, 4) is 5.69 Å². The van der Waals surface area contributed by atoms with Gasteiger partial charge in [-0.3, -0.25) is 4.79 Å². The smallest absolute Gasteiger partial charge is 0.241 e. The minimum atomic E-state index is -0.458. The fourth-order valence-electron chi connectivity index (χ4n) is 1.26. The zero-order valence-corrected chi connectivity index (χ0v) is 8.45. The van der Waals surface area contributed by atoms with Crippen molar-refractivity contribution in [2.24, 2.45) is 5.73 Å². The van der Waals surface area contributed by atoms with Crippen LogP contribution in [0.15, 0.2) is 43.0 Å². The van der Waals surface area contributed by atoms with Crippen LogP contribution < -0.4 is 5.73 Å². The summed E-state index contributed by atoms with van der Waals surface area (Å²) in [5.41, 5.74) is 6.82. The van der Waals surface area contributed by atoms with Gasteiger partial charge in [0.15, 0.2) is 0 Å². The fourth-order valence-corrected chi connectivity index (χ4v) is 1.26. The van der Waals surface area contributed by atoms with Gasteiger partial charge in [-0.1, -0.05) is 12.1 Å². The van der Waals surface area contributed by atoms with E-state index >= 15 is 0 Å². The van der Waals surface area contributed by atoms with Crippen LogP contribution >= 0.6 is 0 Å². The van der Waals surface area contributed by atoms with Crippen molar-refractivity contribution in [3.05, 3.63) is 48.6 Å². The molecule has 80 valence electrons. The molecule has 5 heteroatoms. The van der Waals surface area contributed by atoms with E-state index in [1.165, 1.54) is 12.4 Å². The molecular weight excluding hydrogens is 204 g/mol. The van der Waals surface area contributed by atoms with Crippen LogP contribution in [-0.4, -0.2) is 20.7 Å². The average molecular weight is 214 g/mol. The third-order valence-electron chi connectivity index (χ3n) is 2.02. The maximum atomic E-state index is 10.5.